The van der Waals surface area contributed by atoms with Gasteiger partial charge in [-0.05, 0) is 32.0 Å². The standard InChI is InChI=1S/C18H19Cl2N5O2/c1-11-6-12(2)25(24-11)17-9-21-8-16(23-17)22-7-13(26)10-27-15-5-3-4-14(19)18(15)20/h3-6,8-9,13,26H,7,10H2,1-2H3,(H,22,23). The van der Waals surface area contributed by atoms with E-state index in [-0.39, 0.29) is 13.2 Å². The molecule has 7 nitrogen and oxygen atoms in total. The maximum atomic E-state index is 10.1. The summed E-state index contributed by atoms with van der Waals surface area (Å²) in [7, 11) is 0. The first kappa shape index (κ1) is 19.4. The van der Waals surface area contributed by atoms with Crippen LogP contribution in [0.15, 0.2) is 36.7 Å². The minimum atomic E-state index is -0.779. The fraction of sp³-hybridized carbons (Fsp3) is 0.278. The second-order valence-corrected chi connectivity index (χ2v) is 6.78. The molecule has 0 aliphatic rings. The number of halogens is 2. The molecule has 2 N–H and O–H groups in total. The fourth-order valence-corrected chi connectivity index (χ4v) is 2.81. The molecule has 27 heavy (non-hydrogen) atoms. The number of benzene rings is 1. The lowest BCUT2D eigenvalue weighted by Gasteiger charge is -2.15. The second kappa shape index (κ2) is 8.56. The van der Waals surface area contributed by atoms with Gasteiger partial charge in [0.15, 0.2) is 5.82 Å². The van der Waals surface area contributed by atoms with Crippen LogP contribution in [-0.2, 0) is 0 Å². The molecule has 0 fully saturated rings. The number of hydrogen-bond donors (Lipinski definition) is 2. The number of aliphatic hydroxyl groups excluding tert-OH is 1. The largest absolute Gasteiger partial charge is 0.489 e. The van der Waals surface area contributed by atoms with Crippen molar-refractivity contribution >= 4 is 29.0 Å². The number of hydrogen-bond acceptors (Lipinski definition) is 6. The summed E-state index contributed by atoms with van der Waals surface area (Å²) >= 11 is 12.0. The molecule has 2 heterocycles. The Morgan fingerprint density at radius 2 is 2.07 bits per heavy atom. The molecule has 0 radical (unpaired) electrons. The summed E-state index contributed by atoms with van der Waals surface area (Å²) in [6, 6.07) is 7.05. The van der Waals surface area contributed by atoms with Crippen molar-refractivity contribution in [1.29, 1.82) is 0 Å². The number of nitrogens with zero attached hydrogens (tertiary/aromatic N) is 4. The Morgan fingerprint density at radius 1 is 1.26 bits per heavy atom. The molecule has 0 saturated heterocycles. The van der Waals surface area contributed by atoms with Crippen LogP contribution in [0.3, 0.4) is 0 Å². The van der Waals surface area contributed by atoms with Crippen molar-refractivity contribution in [3.63, 3.8) is 0 Å². The van der Waals surface area contributed by atoms with Gasteiger partial charge in [-0.2, -0.15) is 5.10 Å². The number of nitrogens with one attached hydrogen (secondary N) is 1. The zero-order valence-electron chi connectivity index (χ0n) is 14.9. The molecular weight excluding hydrogens is 389 g/mol. The zero-order chi connectivity index (χ0) is 19.4. The molecule has 0 saturated carbocycles. The van der Waals surface area contributed by atoms with Crippen LogP contribution in [0.5, 0.6) is 5.75 Å². The molecule has 1 aromatic carbocycles. The lowest BCUT2D eigenvalue weighted by Crippen LogP contribution is -2.26. The molecular formula is C18H19Cl2N5O2. The van der Waals surface area contributed by atoms with Gasteiger partial charge in [-0.1, -0.05) is 29.3 Å². The summed E-state index contributed by atoms with van der Waals surface area (Å²) in [4.78, 5) is 8.64. The molecule has 1 atom stereocenters. The number of aromatic nitrogens is 4. The molecule has 3 rings (SSSR count). The average Bonchev–Trinajstić information content (AvgIpc) is 2.99. The monoisotopic (exact) mass is 407 g/mol. The summed E-state index contributed by atoms with van der Waals surface area (Å²) in [5.41, 5.74) is 1.87. The summed E-state index contributed by atoms with van der Waals surface area (Å²) in [6.07, 6.45) is 2.43. The number of aryl methyl sites for hydroxylation is 2. The van der Waals surface area contributed by atoms with Crippen molar-refractivity contribution in [1.82, 2.24) is 19.7 Å². The zero-order valence-corrected chi connectivity index (χ0v) is 16.4. The smallest absolute Gasteiger partial charge is 0.174 e. The maximum Gasteiger partial charge on any atom is 0.174 e. The van der Waals surface area contributed by atoms with Crippen molar-refractivity contribution in [2.75, 3.05) is 18.5 Å². The molecule has 2 aromatic heterocycles. The van der Waals surface area contributed by atoms with Crippen LogP contribution in [0, 0.1) is 13.8 Å². The van der Waals surface area contributed by atoms with Gasteiger partial charge < -0.3 is 15.2 Å². The highest BCUT2D eigenvalue weighted by molar-refractivity contribution is 6.42. The van der Waals surface area contributed by atoms with E-state index in [2.05, 4.69) is 20.4 Å². The van der Waals surface area contributed by atoms with Gasteiger partial charge in [0.2, 0.25) is 0 Å². The summed E-state index contributed by atoms with van der Waals surface area (Å²) in [5, 5.41) is 18.3. The van der Waals surface area contributed by atoms with Crippen LogP contribution >= 0.6 is 23.2 Å². The van der Waals surface area contributed by atoms with Crippen LogP contribution in [0.1, 0.15) is 11.4 Å². The Labute approximate surface area is 166 Å². The highest BCUT2D eigenvalue weighted by Gasteiger charge is 2.11. The van der Waals surface area contributed by atoms with E-state index in [1.54, 1.807) is 35.3 Å². The Balaban J connectivity index is 1.57. The molecule has 142 valence electrons. The topological polar surface area (TPSA) is 85.1 Å². The van der Waals surface area contributed by atoms with Crippen LogP contribution in [0.2, 0.25) is 10.0 Å². The summed E-state index contributed by atoms with van der Waals surface area (Å²) in [6.45, 7) is 4.15. The number of rotatable bonds is 7. The van der Waals surface area contributed by atoms with Crippen molar-refractivity contribution in [2.45, 2.75) is 20.0 Å². The predicted molar refractivity (Wildman–Crippen MR) is 105 cm³/mol. The third-order valence-electron chi connectivity index (χ3n) is 3.71. The van der Waals surface area contributed by atoms with Gasteiger partial charge in [-0.25, -0.2) is 9.67 Å². The van der Waals surface area contributed by atoms with E-state index in [4.69, 9.17) is 27.9 Å². The first-order chi connectivity index (χ1) is 12.9. The lowest BCUT2D eigenvalue weighted by atomic mass is 10.3. The quantitative estimate of drug-likeness (QED) is 0.623. The Bertz CT molecular complexity index is 932. The van der Waals surface area contributed by atoms with Crippen molar-refractivity contribution in [3.8, 4) is 11.6 Å². The average molecular weight is 408 g/mol. The van der Waals surface area contributed by atoms with E-state index < -0.39 is 6.10 Å². The van der Waals surface area contributed by atoms with Gasteiger partial charge >= 0.3 is 0 Å². The highest BCUT2D eigenvalue weighted by Crippen LogP contribution is 2.31. The van der Waals surface area contributed by atoms with E-state index in [1.165, 1.54) is 0 Å². The van der Waals surface area contributed by atoms with Gasteiger partial charge in [0.25, 0.3) is 0 Å². The maximum absolute atomic E-state index is 10.1. The summed E-state index contributed by atoms with van der Waals surface area (Å²) < 4.78 is 7.24. The highest BCUT2D eigenvalue weighted by atomic mass is 35.5. The van der Waals surface area contributed by atoms with E-state index in [0.717, 1.165) is 11.4 Å². The Hall–Kier alpha value is -2.35. The molecule has 1 unspecified atom stereocenters. The van der Waals surface area contributed by atoms with Gasteiger partial charge in [-0.3, -0.25) is 4.98 Å². The minimum absolute atomic E-state index is 0.0532. The van der Waals surface area contributed by atoms with Crippen LogP contribution in [-0.4, -0.2) is 44.1 Å². The Kier molecular flexibility index (Phi) is 6.15. The second-order valence-electron chi connectivity index (χ2n) is 6.00. The number of aliphatic hydroxyl groups is 1. The van der Waals surface area contributed by atoms with Crippen LogP contribution in [0.4, 0.5) is 5.82 Å². The molecule has 0 amide bonds. The Morgan fingerprint density at radius 3 is 2.81 bits per heavy atom. The minimum Gasteiger partial charge on any atom is -0.489 e. The van der Waals surface area contributed by atoms with Gasteiger partial charge in [0.05, 0.1) is 23.1 Å². The molecule has 0 bridgehead atoms. The first-order valence-electron chi connectivity index (χ1n) is 8.28. The summed E-state index contributed by atoms with van der Waals surface area (Å²) in [5.74, 6) is 1.55. The third kappa shape index (κ3) is 4.88. The van der Waals surface area contributed by atoms with E-state index >= 15 is 0 Å². The normalized spacial score (nSPS) is 12.0. The molecule has 0 aliphatic heterocycles. The van der Waals surface area contributed by atoms with Crippen molar-refractivity contribution in [3.05, 3.63) is 58.1 Å². The van der Waals surface area contributed by atoms with E-state index in [9.17, 15) is 5.11 Å². The first-order valence-corrected chi connectivity index (χ1v) is 9.04. The predicted octanol–water partition coefficient (Wildman–Crippen LogP) is 3.44. The molecule has 0 aliphatic carbocycles. The van der Waals surface area contributed by atoms with Gasteiger partial charge in [0, 0.05) is 12.2 Å². The SMILES string of the molecule is Cc1cc(C)n(-c2cncc(NCC(O)COc3cccc(Cl)c3Cl)n2)n1. The number of ether oxygens (including phenoxy) is 1. The fourth-order valence-electron chi connectivity index (χ4n) is 2.47. The number of anilines is 1. The lowest BCUT2D eigenvalue weighted by molar-refractivity contribution is 0.117. The van der Waals surface area contributed by atoms with E-state index in [0.29, 0.717) is 27.4 Å². The van der Waals surface area contributed by atoms with E-state index in [1.807, 2.05) is 19.9 Å². The van der Waals surface area contributed by atoms with Crippen molar-refractivity contribution < 1.29 is 9.84 Å². The van der Waals surface area contributed by atoms with Gasteiger partial charge in [-0.15, -0.1) is 0 Å². The molecule has 3 aromatic rings. The molecule has 9 heteroatoms. The van der Waals surface area contributed by atoms with Crippen LogP contribution < -0.4 is 10.1 Å². The van der Waals surface area contributed by atoms with Crippen molar-refractivity contribution in [2.24, 2.45) is 0 Å². The third-order valence-corrected chi connectivity index (χ3v) is 4.52. The van der Waals surface area contributed by atoms with Gasteiger partial charge in [0.1, 0.15) is 29.3 Å². The molecule has 0 spiro atoms. The van der Waals surface area contributed by atoms with Crippen LogP contribution in [0.25, 0.3) is 5.82 Å².